The standard InChI is InChI=1S/C13H18N2O2S/c1-3-15(7-6-12(14)18)13(17)10-5-4-9(2)11(16)8-10/h4-5,8,16H,3,6-7H2,1-2H3,(H2,14,18). The van der Waals surface area contributed by atoms with Crippen molar-refractivity contribution in [1.29, 1.82) is 0 Å². The SMILES string of the molecule is CCN(CCC(N)=S)C(=O)c1ccc(C)c(O)c1. The monoisotopic (exact) mass is 266 g/mol. The molecule has 0 aromatic heterocycles. The topological polar surface area (TPSA) is 66.6 Å². The van der Waals surface area contributed by atoms with Gasteiger partial charge in [0, 0.05) is 25.1 Å². The number of nitrogens with two attached hydrogens (primary N) is 1. The summed E-state index contributed by atoms with van der Waals surface area (Å²) in [4.78, 5) is 14.2. The first-order chi connectivity index (χ1) is 8.45. The van der Waals surface area contributed by atoms with Crippen LogP contribution in [0.3, 0.4) is 0 Å². The predicted molar refractivity (Wildman–Crippen MR) is 75.8 cm³/mol. The van der Waals surface area contributed by atoms with E-state index in [0.29, 0.717) is 30.1 Å². The van der Waals surface area contributed by atoms with E-state index in [1.165, 1.54) is 6.07 Å². The first-order valence-corrected chi connectivity index (χ1v) is 6.23. The number of phenolic OH excluding ortho intramolecular Hbond substituents is 1. The van der Waals surface area contributed by atoms with Crippen LogP contribution in [0, 0.1) is 6.92 Å². The second-order valence-electron chi connectivity index (χ2n) is 4.10. The number of hydrogen-bond acceptors (Lipinski definition) is 3. The van der Waals surface area contributed by atoms with Crippen molar-refractivity contribution in [3.05, 3.63) is 29.3 Å². The molecule has 0 unspecified atom stereocenters. The zero-order chi connectivity index (χ0) is 13.7. The van der Waals surface area contributed by atoms with Gasteiger partial charge in [-0.3, -0.25) is 4.79 Å². The van der Waals surface area contributed by atoms with Gasteiger partial charge in [-0.25, -0.2) is 0 Å². The van der Waals surface area contributed by atoms with Crippen molar-refractivity contribution in [3.63, 3.8) is 0 Å². The van der Waals surface area contributed by atoms with Crippen LogP contribution in [0.5, 0.6) is 5.75 Å². The molecule has 1 aromatic rings. The molecule has 0 heterocycles. The second-order valence-corrected chi connectivity index (χ2v) is 4.63. The average molecular weight is 266 g/mol. The number of phenols is 1. The van der Waals surface area contributed by atoms with Crippen molar-refractivity contribution in [2.45, 2.75) is 20.3 Å². The van der Waals surface area contributed by atoms with E-state index in [1.54, 1.807) is 24.0 Å². The van der Waals surface area contributed by atoms with Gasteiger partial charge in [0.15, 0.2) is 0 Å². The van der Waals surface area contributed by atoms with Crippen LogP contribution in [0.4, 0.5) is 0 Å². The average Bonchev–Trinajstić information content (AvgIpc) is 2.32. The van der Waals surface area contributed by atoms with E-state index in [0.717, 1.165) is 5.56 Å². The van der Waals surface area contributed by atoms with Gasteiger partial charge in [0.1, 0.15) is 5.75 Å². The highest BCUT2D eigenvalue weighted by Gasteiger charge is 2.15. The molecule has 3 N–H and O–H groups in total. The molecule has 0 radical (unpaired) electrons. The maximum atomic E-state index is 12.2. The number of nitrogens with zero attached hydrogens (tertiary/aromatic N) is 1. The van der Waals surface area contributed by atoms with Gasteiger partial charge < -0.3 is 15.7 Å². The maximum Gasteiger partial charge on any atom is 0.253 e. The summed E-state index contributed by atoms with van der Waals surface area (Å²) in [6.07, 6.45) is 0.507. The molecule has 5 heteroatoms. The predicted octanol–water partition coefficient (Wildman–Crippen LogP) is 1.84. The molecule has 0 aliphatic carbocycles. The van der Waals surface area contributed by atoms with E-state index < -0.39 is 0 Å². The van der Waals surface area contributed by atoms with Crippen molar-refractivity contribution >= 4 is 23.1 Å². The van der Waals surface area contributed by atoms with Gasteiger partial charge in [0.25, 0.3) is 5.91 Å². The van der Waals surface area contributed by atoms with Crippen molar-refractivity contribution < 1.29 is 9.90 Å². The minimum Gasteiger partial charge on any atom is -0.508 e. The van der Waals surface area contributed by atoms with Crippen LogP contribution < -0.4 is 5.73 Å². The van der Waals surface area contributed by atoms with Crippen molar-refractivity contribution in [3.8, 4) is 5.75 Å². The summed E-state index contributed by atoms with van der Waals surface area (Å²) in [5.41, 5.74) is 6.65. The minimum absolute atomic E-state index is 0.121. The first kappa shape index (κ1) is 14.4. The van der Waals surface area contributed by atoms with Crippen molar-refractivity contribution in [2.24, 2.45) is 5.73 Å². The van der Waals surface area contributed by atoms with Crippen LogP contribution in [-0.4, -0.2) is 34.0 Å². The van der Waals surface area contributed by atoms with E-state index >= 15 is 0 Å². The fourth-order valence-electron chi connectivity index (χ4n) is 1.57. The lowest BCUT2D eigenvalue weighted by Crippen LogP contribution is -2.33. The number of carbonyl (C=O) groups excluding carboxylic acids is 1. The van der Waals surface area contributed by atoms with E-state index in [4.69, 9.17) is 18.0 Å². The van der Waals surface area contributed by atoms with Crippen LogP contribution in [0.15, 0.2) is 18.2 Å². The van der Waals surface area contributed by atoms with Gasteiger partial charge in [-0.15, -0.1) is 0 Å². The highest BCUT2D eigenvalue weighted by atomic mass is 32.1. The quantitative estimate of drug-likeness (QED) is 0.798. The molecular weight excluding hydrogens is 248 g/mol. The molecule has 0 spiro atoms. The van der Waals surface area contributed by atoms with Gasteiger partial charge in [-0.05, 0) is 31.5 Å². The first-order valence-electron chi connectivity index (χ1n) is 5.83. The molecule has 1 aromatic carbocycles. The molecule has 98 valence electrons. The Morgan fingerprint density at radius 2 is 2.17 bits per heavy atom. The molecule has 0 atom stereocenters. The summed E-state index contributed by atoms with van der Waals surface area (Å²) in [6, 6.07) is 4.92. The summed E-state index contributed by atoms with van der Waals surface area (Å²) in [6.45, 7) is 4.76. The lowest BCUT2D eigenvalue weighted by molar-refractivity contribution is 0.0768. The van der Waals surface area contributed by atoms with E-state index in [1.807, 2.05) is 6.92 Å². The van der Waals surface area contributed by atoms with Gasteiger partial charge in [0.05, 0.1) is 4.99 Å². The molecule has 0 bridgehead atoms. The van der Waals surface area contributed by atoms with Crippen LogP contribution in [0.1, 0.15) is 29.3 Å². The molecule has 18 heavy (non-hydrogen) atoms. The molecule has 1 rings (SSSR count). The Labute approximate surface area is 112 Å². The van der Waals surface area contributed by atoms with Gasteiger partial charge in [0.2, 0.25) is 0 Å². The fraction of sp³-hybridized carbons (Fsp3) is 0.385. The number of thiocarbonyl (C=S) groups is 1. The highest BCUT2D eigenvalue weighted by Crippen LogP contribution is 2.18. The van der Waals surface area contributed by atoms with Crippen molar-refractivity contribution in [2.75, 3.05) is 13.1 Å². The van der Waals surface area contributed by atoms with Gasteiger partial charge in [-0.1, -0.05) is 18.3 Å². The summed E-state index contributed by atoms with van der Waals surface area (Å²) in [5.74, 6) is 0.00954. The third kappa shape index (κ3) is 3.70. The second kappa shape index (κ2) is 6.35. The molecule has 4 nitrogen and oxygen atoms in total. The zero-order valence-corrected chi connectivity index (χ0v) is 11.5. The largest absolute Gasteiger partial charge is 0.508 e. The summed E-state index contributed by atoms with van der Waals surface area (Å²) < 4.78 is 0. The van der Waals surface area contributed by atoms with Gasteiger partial charge >= 0.3 is 0 Å². The Morgan fingerprint density at radius 1 is 1.50 bits per heavy atom. The third-order valence-corrected chi connectivity index (χ3v) is 2.96. The molecular formula is C13H18N2O2S. The Hall–Kier alpha value is -1.62. The smallest absolute Gasteiger partial charge is 0.253 e. The molecule has 0 saturated heterocycles. The minimum atomic E-state index is -0.121. The van der Waals surface area contributed by atoms with Crippen LogP contribution in [0.25, 0.3) is 0 Å². The number of amides is 1. The van der Waals surface area contributed by atoms with E-state index in [2.05, 4.69) is 0 Å². The number of hydrogen-bond donors (Lipinski definition) is 2. The number of aromatic hydroxyl groups is 1. The summed E-state index contributed by atoms with van der Waals surface area (Å²) in [7, 11) is 0. The normalized spacial score (nSPS) is 10.1. The fourth-order valence-corrected chi connectivity index (χ4v) is 1.66. The number of carbonyl (C=O) groups is 1. The molecule has 0 aliphatic rings. The zero-order valence-electron chi connectivity index (χ0n) is 10.6. The van der Waals surface area contributed by atoms with E-state index in [-0.39, 0.29) is 11.7 Å². The third-order valence-electron chi connectivity index (χ3n) is 2.75. The van der Waals surface area contributed by atoms with Crippen LogP contribution in [0.2, 0.25) is 0 Å². The molecule has 0 aliphatic heterocycles. The number of benzene rings is 1. The molecule has 1 amide bonds. The van der Waals surface area contributed by atoms with Gasteiger partial charge in [-0.2, -0.15) is 0 Å². The lowest BCUT2D eigenvalue weighted by atomic mass is 10.1. The molecule has 0 fully saturated rings. The number of rotatable bonds is 5. The highest BCUT2D eigenvalue weighted by molar-refractivity contribution is 7.80. The Kier molecular flexibility index (Phi) is 5.09. The summed E-state index contributed by atoms with van der Waals surface area (Å²) >= 11 is 4.80. The lowest BCUT2D eigenvalue weighted by Gasteiger charge is -2.20. The molecule has 0 saturated carbocycles. The van der Waals surface area contributed by atoms with Crippen LogP contribution in [-0.2, 0) is 0 Å². The summed E-state index contributed by atoms with van der Waals surface area (Å²) in [5, 5.41) is 9.61. The van der Waals surface area contributed by atoms with Crippen LogP contribution >= 0.6 is 12.2 Å². The Bertz CT molecular complexity index is 460. The Balaban J connectivity index is 2.82. The van der Waals surface area contributed by atoms with E-state index in [9.17, 15) is 9.90 Å². The number of aryl methyl sites for hydroxylation is 1. The Morgan fingerprint density at radius 3 is 2.67 bits per heavy atom. The van der Waals surface area contributed by atoms with Crippen molar-refractivity contribution in [1.82, 2.24) is 4.90 Å². The maximum absolute atomic E-state index is 12.2.